The standard InChI is InChI=1S/C16H28NO4/c1-13(9-18-13)5-17(6-14(2)10-19-14,7-15(3)11-20-15)8-16(4)12-21-16/h5-12H2,1-4H3/q+1. The molecule has 4 aliphatic rings. The molecule has 0 N–H and O–H groups in total. The third-order valence-corrected chi connectivity index (χ3v) is 5.23. The van der Waals surface area contributed by atoms with Crippen molar-refractivity contribution in [3.8, 4) is 0 Å². The fourth-order valence-electron chi connectivity index (χ4n) is 4.03. The van der Waals surface area contributed by atoms with E-state index in [0.717, 1.165) is 57.1 Å². The number of ether oxygens (including phenoxy) is 4. The SMILES string of the molecule is CC1(C[N+](CC2(C)CO2)(CC2(C)CO2)CC2(C)CO2)CO1. The van der Waals surface area contributed by atoms with Crippen molar-refractivity contribution >= 4 is 0 Å². The molecule has 0 saturated carbocycles. The topological polar surface area (TPSA) is 50.1 Å². The molecule has 0 radical (unpaired) electrons. The van der Waals surface area contributed by atoms with E-state index in [2.05, 4.69) is 27.7 Å². The average Bonchev–Trinajstić information content (AvgIpc) is 3.13. The molecule has 5 nitrogen and oxygen atoms in total. The number of rotatable bonds is 8. The van der Waals surface area contributed by atoms with E-state index in [9.17, 15) is 0 Å². The molecule has 4 heterocycles. The van der Waals surface area contributed by atoms with Gasteiger partial charge in [-0.3, -0.25) is 0 Å². The van der Waals surface area contributed by atoms with Crippen LogP contribution in [0.25, 0.3) is 0 Å². The van der Waals surface area contributed by atoms with Gasteiger partial charge in [-0.15, -0.1) is 0 Å². The lowest BCUT2D eigenvalue weighted by Crippen LogP contribution is -2.62. The van der Waals surface area contributed by atoms with Gasteiger partial charge in [0.2, 0.25) is 0 Å². The molecule has 4 fully saturated rings. The van der Waals surface area contributed by atoms with Gasteiger partial charge in [0.1, 0.15) is 48.6 Å². The van der Waals surface area contributed by atoms with Gasteiger partial charge in [0.05, 0.1) is 26.4 Å². The molecule has 4 unspecified atom stereocenters. The highest BCUT2D eigenvalue weighted by molar-refractivity contribution is 4.97. The Bertz CT molecular complexity index is 362. The predicted molar refractivity (Wildman–Crippen MR) is 77.2 cm³/mol. The molecule has 21 heavy (non-hydrogen) atoms. The first kappa shape index (κ1) is 14.4. The highest BCUT2D eigenvalue weighted by atomic mass is 16.6. The largest absolute Gasteiger partial charge is 0.364 e. The molecule has 5 heteroatoms. The summed E-state index contributed by atoms with van der Waals surface area (Å²) >= 11 is 0. The monoisotopic (exact) mass is 298 g/mol. The van der Waals surface area contributed by atoms with Crippen LogP contribution < -0.4 is 0 Å². The Morgan fingerprint density at radius 3 is 0.905 bits per heavy atom. The van der Waals surface area contributed by atoms with Crippen molar-refractivity contribution in [1.29, 1.82) is 0 Å². The summed E-state index contributed by atoms with van der Waals surface area (Å²) in [6, 6.07) is 0. The Balaban J connectivity index is 1.58. The molecule has 0 spiro atoms. The van der Waals surface area contributed by atoms with E-state index in [4.69, 9.17) is 18.9 Å². The van der Waals surface area contributed by atoms with E-state index >= 15 is 0 Å². The van der Waals surface area contributed by atoms with Crippen molar-refractivity contribution in [2.75, 3.05) is 52.6 Å². The summed E-state index contributed by atoms with van der Waals surface area (Å²) in [7, 11) is 0. The zero-order valence-electron chi connectivity index (χ0n) is 13.7. The maximum atomic E-state index is 5.72. The van der Waals surface area contributed by atoms with Crippen molar-refractivity contribution in [1.82, 2.24) is 0 Å². The summed E-state index contributed by atoms with van der Waals surface area (Å²) < 4.78 is 23.9. The Labute approximate surface area is 127 Å². The van der Waals surface area contributed by atoms with Gasteiger partial charge in [-0.25, -0.2) is 0 Å². The van der Waals surface area contributed by atoms with Crippen LogP contribution in [0.1, 0.15) is 27.7 Å². The van der Waals surface area contributed by atoms with Crippen LogP contribution in [-0.2, 0) is 18.9 Å². The third-order valence-electron chi connectivity index (χ3n) is 5.23. The lowest BCUT2D eigenvalue weighted by molar-refractivity contribution is -0.938. The van der Waals surface area contributed by atoms with Crippen molar-refractivity contribution in [2.24, 2.45) is 0 Å². The van der Waals surface area contributed by atoms with Crippen LogP contribution in [0, 0.1) is 0 Å². The summed E-state index contributed by atoms with van der Waals surface area (Å²) in [6.07, 6.45) is 0. The maximum Gasteiger partial charge on any atom is 0.137 e. The quantitative estimate of drug-likeness (QED) is 0.495. The van der Waals surface area contributed by atoms with Crippen LogP contribution >= 0.6 is 0 Å². The van der Waals surface area contributed by atoms with Gasteiger partial charge in [-0.05, 0) is 27.7 Å². The Morgan fingerprint density at radius 1 is 0.571 bits per heavy atom. The second kappa shape index (κ2) is 4.01. The molecule has 0 aromatic carbocycles. The van der Waals surface area contributed by atoms with Crippen molar-refractivity contribution < 1.29 is 23.4 Å². The van der Waals surface area contributed by atoms with Gasteiger partial charge in [-0.2, -0.15) is 0 Å². The number of hydrogen-bond acceptors (Lipinski definition) is 4. The van der Waals surface area contributed by atoms with E-state index in [0.29, 0.717) is 0 Å². The second-order valence-corrected chi connectivity index (χ2v) is 8.93. The summed E-state index contributed by atoms with van der Waals surface area (Å²) in [5.41, 5.74) is 0.118. The smallest absolute Gasteiger partial charge is 0.137 e. The minimum Gasteiger partial charge on any atom is -0.364 e. The summed E-state index contributed by atoms with van der Waals surface area (Å²) in [5, 5.41) is 0. The molecular formula is C16H28NO4+. The van der Waals surface area contributed by atoms with Crippen LogP contribution in [0.15, 0.2) is 0 Å². The first-order valence-corrected chi connectivity index (χ1v) is 8.06. The lowest BCUT2D eigenvalue weighted by atomic mass is 10.00. The van der Waals surface area contributed by atoms with Gasteiger partial charge < -0.3 is 23.4 Å². The van der Waals surface area contributed by atoms with Gasteiger partial charge in [0.15, 0.2) is 0 Å². The molecule has 0 aromatic heterocycles. The van der Waals surface area contributed by atoms with Gasteiger partial charge in [0, 0.05) is 0 Å². The molecule has 4 atom stereocenters. The minimum absolute atomic E-state index is 0.0295. The second-order valence-electron chi connectivity index (χ2n) is 8.93. The maximum absolute atomic E-state index is 5.72. The predicted octanol–water partition coefficient (Wildman–Crippen LogP) is 0.959. The molecule has 0 aliphatic carbocycles. The van der Waals surface area contributed by atoms with Crippen molar-refractivity contribution in [2.45, 2.75) is 50.1 Å². The van der Waals surface area contributed by atoms with Crippen LogP contribution in [0.3, 0.4) is 0 Å². The Kier molecular flexibility index (Phi) is 2.75. The van der Waals surface area contributed by atoms with Gasteiger partial charge >= 0.3 is 0 Å². The van der Waals surface area contributed by atoms with Gasteiger partial charge in [-0.1, -0.05) is 0 Å². The highest BCUT2D eigenvalue weighted by Gasteiger charge is 2.61. The van der Waals surface area contributed by atoms with E-state index < -0.39 is 0 Å². The number of quaternary nitrogens is 1. The fraction of sp³-hybridized carbons (Fsp3) is 1.00. The molecule has 4 rings (SSSR count). The molecule has 0 aromatic rings. The van der Waals surface area contributed by atoms with E-state index in [1.807, 2.05) is 0 Å². The number of nitrogens with zero attached hydrogens (tertiary/aromatic N) is 1. The summed E-state index contributed by atoms with van der Waals surface area (Å²) in [5.74, 6) is 0. The Hall–Kier alpha value is -0.200. The van der Waals surface area contributed by atoms with Crippen molar-refractivity contribution in [3.05, 3.63) is 0 Å². The zero-order valence-corrected chi connectivity index (χ0v) is 13.7. The molecule has 4 aliphatic heterocycles. The van der Waals surface area contributed by atoms with Crippen LogP contribution in [0.2, 0.25) is 0 Å². The summed E-state index contributed by atoms with van der Waals surface area (Å²) in [4.78, 5) is 0. The molecule has 120 valence electrons. The van der Waals surface area contributed by atoms with Crippen molar-refractivity contribution in [3.63, 3.8) is 0 Å². The van der Waals surface area contributed by atoms with Crippen LogP contribution in [0.5, 0.6) is 0 Å². The average molecular weight is 298 g/mol. The first-order valence-electron chi connectivity index (χ1n) is 8.06. The molecular weight excluding hydrogens is 270 g/mol. The number of hydrogen-bond donors (Lipinski definition) is 0. The van der Waals surface area contributed by atoms with Gasteiger partial charge in [0.25, 0.3) is 0 Å². The molecule has 4 saturated heterocycles. The molecule has 0 bridgehead atoms. The minimum atomic E-state index is 0.0295. The number of epoxide rings is 4. The Morgan fingerprint density at radius 2 is 0.762 bits per heavy atom. The van der Waals surface area contributed by atoms with Crippen LogP contribution in [0.4, 0.5) is 0 Å². The summed E-state index contributed by atoms with van der Waals surface area (Å²) in [6.45, 7) is 16.5. The fourth-order valence-corrected chi connectivity index (χ4v) is 4.03. The van der Waals surface area contributed by atoms with E-state index in [1.165, 1.54) is 0 Å². The van der Waals surface area contributed by atoms with E-state index in [1.54, 1.807) is 0 Å². The lowest BCUT2D eigenvalue weighted by Gasteiger charge is -2.43. The highest BCUT2D eigenvalue weighted by Crippen LogP contribution is 2.42. The normalized spacial score (nSPS) is 53.1. The van der Waals surface area contributed by atoms with E-state index in [-0.39, 0.29) is 22.4 Å². The third kappa shape index (κ3) is 3.27. The van der Waals surface area contributed by atoms with Crippen LogP contribution in [-0.4, -0.2) is 79.5 Å². The first-order chi connectivity index (χ1) is 9.66. The molecule has 0 amide bonds. The zero-order chi connectivity index (χ0) is 15.0.